The highest BCUT2D eigenvalue weighted by Gasteiger charge is 2.50. The van der Waals surface area contributed by atoms with Crippen molar-refractivity contribution < 1.29 is 68.2 Å². The molecule has 0 fully saturated rings. The van der Waals surface area contributed by atoms with E-state index >= 15 is 0 Å². The molecule has 0 N–H and O–H groups in total. The number of fused-ring (bicyclic) bond motifs is 10. The molecular formula is C31H19F9N2O6. The minimum atomic E-state index is -5.41. The molecule has 0 unspecified atom stereocenters. The van der Waals surface area contributed by atoms with Gasteiger partial charge in [-0.3, -0.25) is 14.5 Å². The Morgan fingerprint density at radius 3 is 2.12 bits per heavy atom. The first-order chi connectivity index (χ1) is 22.4. The summed E-state index contributed by atoms with van der Waals surface area (Å²) < 4.78 is 127. The van der Waals surface area contributed by atoms with Crippen molar-refractivity contribution in [1.82, 2.24) is 9.47 Å². The van der Waals surface area contributed by atoms with Crippen LogP contribution in [-0.2, 0) is 50.0 Å². The van der Waals surface area contributed by atoms with E-state index in [1.54, 1.807) is 28.8 Å². The third-order valence-electron chi connectivity index (χ3n) is 8.08. The molecule has 252 valence electrons. The lowest BCUT2D eigenvalue weighted by Crippen LogP contribution is -2.41. The molecule has 2 aliphatic rings. The molecule has 0 spiro atoms. The summed E-state index contributed by atoms with van der Waals surface area (Å²) in [5.74, 6) is -8.50. The van der Waals surface area contributed by atoms with Crippen LogP contribution in [0.3, 0.4) is 0 Å². The van der Waals surface area contributed by atoms with Crippen LogP contribution >= 0.6 is 0 Å². The van der Waals surface area contributed by atoms with E-state index in [9.17, 15) is 58.7 Å². The van der Waals surface area contributed by atoms with Gasteiger partial charge in [0.05, 0.1) is 24.2 Å². The molecule has 48 heavy (non-hydrogen) atoms. The van der Waals surface area contributed by atoms with Crippen LogP contribution in [-0.4, -0.2) is 58.4 Å². The fourth-order valence-corrected chi connectivity index (χ4v) is 6.24. The van der Waals surface area contributed by atoms with E-state index in [1.807, 2.05) is 0 Å². The third-order valence-corrected chi connectivity index (χ3v) is 8.08. The van der Waals surface area contributed by atoms with Crippen molar-refractivity contribution in [3.8, 4) is 11.1 Å². The highest BCUT2D eigenvalue weighted by atomic mass is 19.4. The maximum atomic E-state index is 13.6. The minimum absolute atomic E-state index is 0.0136. The van der Waals surface area contributed by atoms with Crippen LogP contribution in [0.2, 0.25) is 0 Å². The Balaban J connectivity index is 1.56. The molecule has 0 bridgehead atoms. The maximum Gasteiger partial charge on any atom is 0.490 e. The molecule has 4 aromatic rings. The van der Waals surface area contributed by atoms with Gasteiger partial charge < -0.3 is 14.0 Å². The van der Waals surface area contributed by atoms with Crippen LogP contribution in [0.25, 0.3) is 32.9 Å². The lowest BCUT2D eigenvalue weighted by molar-refractivity contribution is -0.201. The van der Waals surface area contributed by atoms with E-state index < -0.39 is 62.0 Å². The summed E-state index contributed by atoms with van der Waals surface area (Å²) in [5.41, 5.74) is 2.43. The average Bonchev–Trinajstić information content (AvgIpc) is 3.65. The predicted molar refractivity (Wildman–Crippen MR) is 146 cm³/mol. The Hall–Kier alpha value is -5.09. The molecule has 2 amide bonds. The Kier molecular flexibility index (Phi) is 7.71. The van der Waals surface area contributed by atoms with Gasteiger partial charge in [0.25, 0.3) is 5.91 Å². The second-order valence-corrected chi connectivity index (χ2v) is 11.0. The summed E-state index contributed by atoms with van der Waals surface area (Å²) in [4.78, 5) is 48.7. The van der Waals surface area contributed by atoms with E-state index in [2.05, 4.69) is 9.47 Å². The molecule has 0 saturated carbocycles. The Bertz CT molecular complexity index is 2040. The fourth-order valence-electron chi connectivity index (χ4n) is 6.24. The van der Waals surface area contributed by atoms with Crippen LogP contribution in [0.1, 0.15) is 39.0 Å². The van der Waals surface area contributed by atoms with Crippen molar-refractivity contribution in [3.63, 3.8) is 0 Å². The number of carbonyl (C=O) groups is 4. The van der Waals surface area contributed by atoms with Gasteiger partial charge in [0.15, 0.2) is 0 Å². The average molecular weight is 686 g/mol. The SMILES string of the molecule is O=C1c2c3c(c4c(c2CN1C(=O)C(F)(F)F)c1cc(COC(=O)C(F)(F)F)ccc1n4CCCOC(=O)C(F)(F)F)Cc1ccccc1-3. The number of nitrogens with zero attached hydrogens (tertiary/aromatic N) is 2. The number of carbonyl (C=O) groups excluding carboxylic acids is 4. The first-order valence-corrected chi connectivity index (χ1v) is 14.0. The first-order valence-electron chi connectivity index (χ1n) is 14.0. The van der Waals surface area contributed by atoms with Gasteiger partial charge in [-0.25, -0.2) is 9.59 Å². The number of rotatable bonds is 6. The van der Waals surface area contributed by atoms with Crippen LogP contribution in [0.5, 0.6) is 0 Å². The lowest BCUT2D eigenvalue weighted by Gasteiger charge is -2.15. The van der Waals surface area contributed by atoms with Crippen LogP contribution in [0.15, 0.2) is 42.5 Å². The van der Waals surface area contributed by atoms with Gasteiger partial charge in [-0.2, -0.15) is 39.5 Å². The molecule has 2 heterocycles. The fraction of sp³-hybridized carbons (Fsp3) is 0.290. The smallest absolute Gasteiger partial charge is 0.459 e. The number of aromatic nitrogens is 1. The Morgan fingerprint density at radius 2 is 1.46 bits per heavy atom. The highest BCUT2D eigenvalue weighted by Crippen LogP contribution is 2.50. The van der Waals surface area contributed by atoms with Gasteiger partial charge in [-0.15, -0.1) is 0 Å². The Labute approximate surface area is 262 Å². The molecule has 0 saturated heterocycles. The molecule has 1 aliphatic carbocycles. The summed E-state index contributed by atoms with van der Waals surface area (Å²) in [6, 6.07) is 10.7. The summed E-state index contributed by atoms with van der Waals surface area (Å²) in [6.45, 7) is -2.46. The first kappa shape index (κ1) is 32.8. The highest BCUT2D eigenvalue weighted by molar-refractivity contribution is 6.22. The number of hydrogen-bond donors (Lipinski definition) is 0. The molecule has 8 nitrogen and oxygen atoms in total. The molecule has 3 aromatic carbocycles. The van der Waals surface area contributed by atoms with Gasteiger partial charge in [0.2, 0.25) is 0 Å². The van der Waals surface area contributed by atoms with Crippen molar-refractivity contribution in [2.75, 3.05) is 6.61 Å². The summed E-state index contributed by atoms with van der Waals surface area (Å²) in [5, 5.41) is 0.371. The molecule has 1 aromatic heterocycles. The van der Waals surface area contributed by atoms with Crippen LogP contribution in [0, 0.1) is 0 Å². The van der Waals surface area contributed by atoms with Crippen molar-refractivity contribution in [3.05, 3.63) is 70.3 Å². The number of alkyl halides is 9. The van der Waals surface area contributed by atoms with Gasteiger partial charge >= 0.3 is 36.4 Å². The zero-order chi connectivity index (χ0) is 34.9. The number of ether oxygens (including phenoxy) is 2. The molecule has 0 radical (unpaired) electrons. The van der Waals surface area contributed by atoms with Gasteiger partial charge in [0.1, 0.15) is 6.61 Å². The van der Waals surface area contributed by atoms with E-state index in [1.165, 1.54) is 18.2 Å². The van der Waals surface area contributed by atoms with Crippen molar-refractivity contribution in [2.45, 2.75) is 51.1 Å². The maximum absolute atomic E-state index is 13.6. The monoisotopic (exact) mass is 686 g/mol. The number of imide groups is 1. The van der Waals surface area contributed by atoms with Crippen LogP contribution in [0.4, 0.5) is 39.5 Å². The van der Waals surface area contributed by atoms with E-state index in [0.29, 0.717) is 27.7 Å². The van der Waals surface area contributed by atoms with Crippen molar-refractivity contribution in [2.24, 2.45) is 0 Å². The summed E-state index contributed by atoms with van der Waals surface area (Å²) in [6.07, 6.45) is -16.0. The standard InChI is InChI=1S/C31H19F9N2O6/c32-29(33,34)26(44)42-12-19-22-17-10-14(13-48-28(46)31(38,39)40)6-7-20(17)41(8-3-9-47-27(45)30(35,36)37)24(22)18-11-15-4-1-2-5-16(15)21(18)23(19)25(42)43/h1-2,4-7,10H,3,8-9,11-13H2. The molecule has 6 rings (SSSR count). The molecule has 0 atom stereocenters. The number of benzene rings is 3. The van der Waals surface area contributed by atoms with E-state index in [4.69, 9.17) is 0 Å². The molecule has 1 aliphatic heterocycles. The minimum Gasteiger partial charge on any atom is -0.459 e. The number of esters is 2. The summed E-state index contributed by atoms with van der Waals surface area (Å²) in [7, 11) is 0. The number of aryl methyl sites for hydroxylation is 1. The molecule has 17 heteroatoms. The quantitative estimate of drug-likeness (QED) is 0.115. The predicted octanol–water partition coefficient (Wildman–Crippen LogP) is 6.51. The van der Waals surface area contributed by atoms with E-state index in [-0.39, 0.29) is 57.3 Å². The summed E-state index contributed by atoms with van der Waals surface area (Å²) >= 11 is 0. The normalized spacial score (nSPS) is 14.4. The van der Waals surface area contributed by atoms with E-state index in [0.717, 1.165) is 0 Å². The Morgan fingerprint density at radius 1 is 0.792 bits per heavy atom. The van der Waals surface area contributed by atoms with Gasteiger partial charge in [0, 0.05) is 34.8 Å². The largest absolute Gasteiger partial charge is 0.490 e. The second kappa shape index (κ2) is 11.3. The topological polar surface area (TPSA) is 94.9 Å². The number of halogens is 9. The lowest BCUT2D eigenvalue weighted by atomic mass is 9.92. The second-order valence-electron chi connectivity index (χ2n) is 11.0. The molecular weight excluding hydrogens is 667 g/mol. The zero-order valence-corrected chi connectivity index (χ0v) is 24.0. The number of amides is 2. The number of hydrogen-bond acceptors (Lipinski definition) is 6. The van der Waals surface area contributed by atoms with Gasteiger partial charge in [-0.05, 0) is 46.4 Å². The van der Waals surface area contributed by atoms with Gasteiger partial charge in [-0.1, -0.05) is 30.3 Å². The van der Waals surface area contributed by atoms with Crippen molar-refractivity contribution >= 4 is 45.6 Å². The van der Waals surface area contributed by atoms with Crippen molar-refractivity contribution in [1.29, 1.82) is 0 Å². The zero-order valence-electron chi connectivity index (χ0n) is 24.0. The van der Waals surface area contributed by atoms with Crippen LogP contribution < -0.4 is 0 Å². The third kappa shape index (κ3) is 5.49.